The van der Waals surface area contributed by atoms with E-state index in [0.717, 1.165) is 4.90 Å². The number of nitrogens with zero attached hydrogens (tertiary/aromatic N) is 1. The van der Waals surface area contributed by atoms with Gasteiger partial charge in [0.2, 0.25) is 5.91 Å². The maximum Gasteiger partial charge on any atom is 0.352 e. The van der Waals surface area contributed by atoms with E-state index in [9.17, 15) is 29.1 Å². The van der Waals surface area contributed by atoms with Gasteiger partial charge >= 0.3 is 11.9 Å². The number of ketones is 1. The monoisotopic (exact) mass is 384 g/mol. The zero-order chi connectivity index (χ0) is 19.4. The van der Waals surface area contributed by atoms with E-state index in [1.54, 1.807) is 0 Å². The summed E-state index contributed by atoms with van der Waals surface area (Å²) in [6.07, 6.45) is 0.818. The topological polar surface area (TPSA) is 130 Å². The summed E-state index contributed by atoms with van der Waals surface area (Å²) in [5.74, 6) is -2.42. The van der Waals surface area contributed by atoms with Gasteiger partial charge in [0.15, 0.2) is 0 Å². The number of esters is 1. The summed E-state index contributed by atoms with van der Waals surface area (Å²) in [7, 11) is 0. The van der Waals surface area contributed by atoms with Crippen LogP contribution in [0.15, 0.2) is 11.3 Å². The second kappa shape index (κ2) is 8.35. The molecule has 2 aliphatic heterocycles. The van der Waals surface area contributed by atoms with Crippen LogP contribution in [-0.4, -0.2) is 63.3 Å². The fourth-order valence-corrected chi connectivity index (χ4v) is 4.05. The molecule has 142 valence electrons. The number of aliphatic carboxylic acids is 1. The summed E-state index contributed by atoms with van der Waals surface area (Å²) >= 11 is 1.30. The van der Waals surface area contributed by atoms with E-state index < -0.39 is 29.3 Å². The summed E-state index contributed by atoms with van der Waals surface area (Å²) in [5, 5.41) is 11.5. The second-order valence-electron chi connectivity index (χ2n) is 6.05. The number of carboxylic acids is 1. The first-order valence-electron chi connectivity index (χ1n) is 8.04. The van der Waals surface area contributed by atoms with Crippen molar-refractivity contribution in [2.75, 3.05) is 12.4 Å². The molecule has 26 heavy (non-hydrogen) atoms. The standard InChI is InChI=1S/C16H20N2O7S/c1-8(19)4-3-5-11(21)17-12-14(22)18-13(16(23)24)10(6-25-9(2)20)7-26-15(12)18/h12,15H,3-7H2,1-2H3,(H,17,21)(H,23,24)/t12-,15-/m1/s1. The summed E-state index contributed by atoms with van der Waals surface area (Å²) in [5.41, 5.74) is 0.149. The van der Waals surface area contributed by atoms with E-state index in [1.807, 2.05) is 0 Å². The Morgan fingerprint density at radius 2 is 1.96 bits per heavy atom. The minimum absolute atomic E-state index is 0.0110. The van der Waals surface area contributed by atoms with E-state index in [4.69, 9.17) is 4.74 Å². The molecule has 2 amide bonds. The Morgan fingerprint density at radius 3 is 2.54 bits per heavy atom. The number of carbonyl (C=O) groups excluding carboxylic acids is 4. The van der Waals surface area contributed by atoms with Gasteiger partial charge in [0.05, 0.1) is 0 Å². The molecule has 0 saturated carbocycles. The highest BCUT2D eigenvalue weighted by Gasteiger charge is 2.54. The van der Waals surface area contributed by atoms with Crippen LogP contribution in [0.1, 0.15) is 33.1 Å². The predicted octanol–water partition coefficient (Wildman–Crippen LogP) is 0.0474. The highest BCUT2D eigenvalue weighted by molar-refractivity contribution is 8.00. The van der Waals surface area contributed by atoms with Crippen LogP contribution in [0.5, 0.6) is 0 Å². The van der Waals surface area contributed by atoms with Crippen molar-refractivity contribution < 1.29 is 33.8 Å². The van der Waals surface area contributed by atoms with Crippen LogP contribution in [0.2, 0.25) is 0 Å². The third-order valence-electron chi connectivity index (χ3n) is 3.95. The van der Waals surface area contributed by atoms with Crippen molar-refractivity contribution in [3.8, 4) is 0 Å². The number of rotatable bonds is 8. The lowest BCUT2D eigenvalue weighted by Crippen LogP contribution is -2.70. The number of β-lactam (4-membered cyclic amide) rings is 1. The molecule has 2 rings (SSSR count). The van der Waals surface area contributed by atoms with E-state index in [2.05, 4.69) is 5.32 Å². The van der Waals surface area contributed by atoms with Crippen LogP contribution in [-0.2, 0) is 28.7 Å². The number of hydrogen-bond donors (Lipinski definition) is 2. The maximum absolute atomic E-state index is 12.4. The lowest BCUT2D eigenvalue weighted by atomic mass is 10.0. The Hall–Kier alpha value is -2.36. The van der Waals surface area contributed by atoms with Crippen molar-refractivity contribution in [3.63, 3.8) is 0 Å². The van der Waals surface area contributed by atoms with Crippen molar-refractivity contribution in [3.05, 3.63) is 11.3 Å². The van der Waals surface area contributed by atoms with Gasteiger partial charge in [0.1, 0.15) is 29.5 Å². The minimum Gasteiger partial charge on any atom is -0.477 e. The molecule has 0 aromatic rings. The Bertz CT molecular complexity index is 688. The first-order chi connectivity index (χ1) is 12.2. The number of Topliss-reactive ketones (excluding diaryl/α,β-unsaturated/α-hetero) is 1. The van der Waals surface area contributed by atoms with Crippen LogP contribution < -0.4 is 5.32 Å². The Morgan fingerprint density at radius 1 is 1.27 bits per heavy atom. The minimum atomic E-state index is -1.28. The third-order valence-corrected chi connectivity index (χ3v) is 5.29. The third kappa shape index (κ3) is 4.43. The fourth-order valence-electron chi connectivity index (χ4n) is 2.73. The molecule has 0 radical (unpaired) electrons. The molecule has 10 heteroatoms. The number of ether oxygens (including phenoxy) is 1. The normalized spacial score (nSPS) is 21.6. The largest absolute Gasteiger partial charge is 0.477 e. The van der Waals surface area contributed by atoms with Gasteiger partial charge < -0.3 is 20.0 Å². The van der Waals surface area contributed by atoms with E-state index >= 15 is 0 Å². The number of nitrogens with one attached hydrogen (secondary N) is 1. The molecule has 1 fully saturated rings. The highest BCUT2D eigenvalue weighted by Crippen LogP contribution is 2.40. The van der Waals surface area contributed by atoms with Gasteiger partial charge in [-0.3, -0.25) is 19.3 Å². The van der Waals surface area contributed by atoms with Crippen molar-refractivity contribution in [1.29, 1.82) is 0 Å². The molecular weight excluding hydrogens is 364 g/mol. The molecule has 1 saturated heterocycles. The summed E-state index contributed by atoms with van der Waals surface area (Å²) < 4.78 is 4.85. The molecule has 0 aliphatic carbocycles. The molecule has 0 aromatic carbocycles. The van der Waals surface area contributed by atoms with Crippen LogP contribution in [0.3, 0.4) is 0 Å². The van der Waals surface area contributed by atoms with Crippen molar-refractivity contribution in [2.45, 2.75) is 44.5 Å². The van der Waals surface area contributed by atoms with E-state index in [-0.39, 0.29) is 36.2 Å². The number of carbonyl (C=O) groups is 5. The summed E-state index contributed by atoms with van der Waals surface area (Å²) in [6.45, 7) is 2.46. The van der Waals surface area contributed by atoms with Crippen molar-refractivity contribution >= 4 is 41.3 Å². The quantitative estimate of drug-likeness (QED) is 0.443. The Kier molecular flexibility index (Phi) is 6.41. The van der Waals surface area contributed by atoms with Crippen molar-refractivity contribution in [2.24, 2.45) is 0 Å². The molecule has 9 nitrogen and oxygen atoms in total. The zero-order valence-electron chi connectivity index (χ0n) is 14.4. The average Bonchev–Trinajstić information content (AvgIpc) is 2.56. The van der Waals surface area contributed by atoms with Crippen molar-refractivity contribution in [1.82, 2.24) is 10.2 Å². The molecule has 2 aliphatic rings. The van der Waals surface area contributed by atoms with Gasteiger partial charge in [0.25, 0.3) is 5.91 Å². The molecule has 2 atom stereocenters. The zero-order valence-corrected chi connectivity index (χ0v) is 15.3. The lowest BCUT2D eigenvalue weighted by molar-refractivity contribution is -0.151. The fraction of sp³-hybridized carbons (Fsp3) is 0.562. The molecule has 0 bridgehead atoms. The SMILES string of the molecule is CC(=O)CCCC(=O)N[C@@H]1C(=O)N2C(C(=O)O)=C(COC(C)=O)CS[C@H]12. The number of carboxylic acid groups (broad SMARTS) is 1. The highest BCUT2D eigenvalue weighted by atomic mass is 32.2. The number of amides is 2. The molecule has 2 heterocycles. The lowest BCUT2D eigenvalue weighted by Gasteiger charge is -2.49. The van der Waals surface area contributed by atoms with Crippen LogP contribution in [0, 0.1) is 0 Å². The second-order valence-corrected chi connectivity index (χ2v) is 7.15. The number of fused-ring (bicyclic) bond motifs is 1. The van der Waals surface area contributed by atoms with Crippen LogP contribution >= 0.6 is 11.8 Å². The molecule has 0 spiro atoms. The summed E-state index contributed by atoms with van der Waals surface area (Å²) in [6, 6.07) is -0.797. The van der Waals surface area contributed by atoms with Gasteiger partial charge in [-0.25, -0.2) is 4.79 Å². The van der Waals surface area contributed by atoms with Crippen LogP contribution in [0.25, 0.3) is 0 Å². The van der Waals surface area contributed by atoms with Gasteiger partial charge in [-0.05, 0) is 13.3 Å². The molecule has 0 unspecified atom stereocenters. The Labute approximate surface area is 154 Å². The van der Waals surface area contributed by atoms with Gasteiger partial charge in [0, 0.05) is 31.1 Å². The Balaban J connectivity index is 2.02. The summed E-state index contributed by atoms with van der Waals surface area (Å²) in [4.78, 5) is 58.8. The maximum atomic E-state index is 12.4. The number of thioether (sulfide) groups is 1. The first-order valence-corrected chi connectivity index (χ1v) is 9.09. The predicted molar refractivity (Wildman–Crippen MR) is 90.8 cm³/mol. The smallest absolute Gasteiger partial charge is 0.352 e. The van der Waals surface area contributed by atoms with E-state index in [1.165, 1.54) is 25.6 Å². The number of hydrogen-bond acceptors (Lipinski definition) is 7. The van der Waals surface area contributed by atoms with E-state index in [0.29, 0.717) is 18.4 Å². The van der Waals surface area contributed by atoms with Gasteiger partial charge in [-0.2, -0.15) is 0 Å². The first kappa shape index (κ1) is 20.0. The van der Waals surface area contributed by atoms with Gasteiger partial charge in [-0.15, -0.1) is 11.8 Å². The van der Waals surface area contributed by atoms with Crippen LogP contribution in [0.4, 0.5) is 0 Å². The molecule has 0 aromatic heterocycles. The molecular formula is C16H20N2O7S. The average molecular weight is 384 g/mol. The van der Waals surface area contributed by atoms with Gasteiger partial charge in [-0.1, -0.05) is 0 Å². The molecule has 2 N–H and O–H groups in total.